The first-order valence-corrected chi connectivity index (χ1v) is 6.67. The minimum absolute atomic E-state index is 0.811. The van der Waals surface area contributed by atoms with Gasteiger partial charge >= 0.3 is 0 Å². The Morgan fingerprint density at radius 3 is 2.63 bits per heavy atom. The van der Waals surface area contributed by atoms with E-state index in [4.69, 9.17) is 5.73 Å². The fourth-order valence-corrected chi connectivity index (χ4v) is 2.24. The second-order valence-corrected chi connectivity index (χ2v) is 5.00. The van der Waals surface area contributed by atoms with Gasteiger partial charge in [0.1, 0.15) is 0 Å². The first-order chi connectivity index (χ1) is 9.06. The number of nitrogens with one attached hydrogen (secondary N) is 1. The highest BCUT2D eigenvalue weighted by Crippen LogP contribution is 2.17. The molecule has 2 rings (SSSR count). The lowest BCUT2D eigenvalue weighted by Gasteiger charge is -2.10. The van der Waals surface area contributed by atoms with E-state index in [1.165, 1.54) is 11.3 Å². The highest BCUT2D eigenvalue weighted by atomic mass is 15.3. The molecule has 0 saturated carbocycles. The van der Waals surface area contributed by atoms with E-state index in [1.54, 1.807) is 0 Å². The Hall–Kier alpha value is -1.97. The third-order valence-corrected chi connectivity index (χ3v) is 3.22. The first kappa shape index (κ1) is 13.5. The maximum Gasteiger partial charge on any atom is 0.0596 e. The number of aryl methyl sites for hydroxylation is 4. The lowest BCUT2D eigenvalue weighted by molar-refractivity contribution is 0.573. The van der Waals surface area contributed by atoms with Crippen molar-refractivity contribution in [2.45, 2.75) is 33.7 Å². The van der Waals surface area contributed by atoms with E-state index < -0.39 is 0 Å². The van der Waals surface area contributed by atoms with E-state index in [1.807, 2.05) is 25.1 Å². The fraction of sp³-hybridized carbons (Fsp3) is 0.400. The summed E-state index contributed by atoms with van der Waals surface area (Å²) in [4.78, 5) is 0. The minimum Gasteiger partial charge on any atom is -0.399 e. The van der Waals surface area contributed by atoms with Crippen LogP contribution in [0.15, 0.2) is 24.3 Å². The van der Waals surface area contributed by atoms with E-state index in [0.717, 1.165) is 36.6 Å². The van der Waals surface area contributed by atoms with Crippen molar-refractivity contribution >= 4 is 11.4 Å². The number of rotatable bonds is 5. The number of nitrogens with zero attached hydrogens (tertiary/aromatic N) is 2. The smallest absolute Gasteiger partial charge is 0.0596 e. The highest BCUT2D eigenvalue weighted by Gasteiger charge is 2.01. The summed E-state index contributed by atoms with van der Waals surface area (Å²) >= 11 is 0. The van der Waals surface area contributed by atoms with E-state index >= 15 is 0 Å². The minimum atomic E-state index is 0.811. The number of aromatic nitrogens is 2. The maximum atomic E-state index is 5.74. The summed E-state index contributed by atoms with van der Waals surface area (Å²) in [6.45, 7) is 8.07. The first-order valence-electron chi connectivity index (χ1n) is 6.67. The Bertz CT molecular complexity index is 557. The molecule has 4 nitrogen and oxygen atoms in total. The van der Waals surface area contributed by atoms with Gasteiger partial charge in [0.15, 0.2) is 0 Å². The molecule has 0 radical (unpaired) electrons. The van der Waals surface area contributed by atoms with Crippen molar-refractivity contribution in [3.05, 3.63) is 41.2 Å². The lowest BCUT2D eigenvalue weighted by Crippen LogP contribution is -2.09. The quantitative estimate of drug-likeness (QED) is 0.640. The van der Waals surface area contributed by atoms with Crippen molar-refractivity contribution in [1.82, 2.24) is 9.78 Å². The number of hydrogen-bond donors (Lipinski definition) is 2. The summed E-state index contributed by atoms with van der Waals surface area (Å²) in [7, 11) is 0. The standard InChI is InChI=1S/C15H22N4/c1-11-9-14(16)5-6-15(11)17-7-4-8-19-13(3)10-12(2)18-19/h5-6,9-10,17H,4,7-8,16H2,1-3H3. The van der Waals surface area contributed by atoms with Crippen LogP contribution in [0.25, 0.3) is 0 Å². The van der Waals surface area contributed by atoms with Crippen LogP contribution in [0, 0.1) is 20.8 Å². The molecule has 3 N–H and O–H groups in total. The lowest BCUT2D eigenvalue weighted by atomic mass is 10.2. The summed E-state index contributed by atoms with van der Waals surface area (Å²) in [5.41, 5.74) is 11.2. The van der Waals surface area contributed by atoms with Gasteiger partial charge in [-0.05, 0) is 57.0 Å². The second kappa shape index (κ2) is 5.78. The average molecular weight is 258 g/mol. The molecule has 0 fully saturated rings. The zero-order valence-corrected chi connectivity index (χ0v) is 11.9. The van der Waals surface area contributed by atoms with E-state index in [2.05, 4.69) is 35.0 Å². The molecule has 0 aliphatic carbocycles. The van der Waals surface area contributed by atoms with Crippen LogP contribution in [0.2, 0.25) is 0 Å². The van der Waals surface area contributed by atoms with Crippen LogP contribution in [-0.2, 0) is 6.54 Å². The van der Waals surface area contributed by atoms with Crippen LogP contribution in [0.4, 0.5) is 11.4 Å². The molecule has 4 heteroatoms. The molecule has 2 aromatic rings. The van der Waals surface area contributed by atoms with Crippen LogP contribution in [0.3, 0.4) is 0 Å². The molecular formula is C15H22N4. The average Bonchev–Trinajstić information content (AvgIpc) is 2.65. The van der Waals surface area contributed by atoms with Crippen LogP contribution in [0.5, 0.6) is 0 Å². The zero-order valence-electron chi connectivity index (χ0n) is 11.9. The van der Waals surface area contributed by atoms with Crippen LogP contribution in [0.1, 0.15) is 23.4 Å². The zero-order chi connectivity index (χ0) is 13.8. The van der Waals surface area contributed by atoms with Gasteiger partial charge in [-0.15, -0.1) is 0 Å². The third kappa shape index (κ3) is 3.50. The molecule has 0 amide bonds. The van der Waals surface area contributed by atoms with Gasteiger partial charge in [-0.1, -0.05) is 0 Å². The van der Waals surface area contributed by atoms with Gasteiger partial charge in [-0.25, -0.2) is 0 Å². The predicted molar refractivity (Wildman–Crippen MR) is 80.4 cm³/mol. The largest absolute Gasteiger partial charge is 0.399 e. The van der Waals surface area contributed by atoms with Gasteiger partial charge in [0.25, 0.3) is 0 Å². The van der Waals surface area contributed by atoms with E-state index in [0.29, 0.717) is 0 Å². The van der Waals surface area contributed by atoms with Gasteiger partial charge in [-0.3, -0.25) is 4.68 Å². The van der Waals surface area contributed by atoms with E-state index in [9.17, 15) is 0 Å². The molecule has 0 saturated heterocycles. The van der Waals surface area contributed by atoms with Crippen molar-refractivity contribution in [2.75, 3.05) is 17.6 Å². The number of benzene rings is 1. The second-order valence-electron chi connectivity index (χ2n) is 5.00. The van der Waals surface area contributed by atoms with Crippen LogP contribution in [-0.4, -0.2) is 16.3 Å². The molecule has 0 unspecified atom stereocenters. The fourth-order valence-electron chi connectivity index (χ4n) is 2.24. The highest BCUT2D eigenvalue weighted by molar-refractivity contribution is 5.57. The monoisotopic (exact) mass is 258 g/mol. The molecule has 1 aromatic heterocycles. The number of nitrogen functional groups attached to an aromatic ring is 1. The molecular weight excluding hydrogens is 236 g/mol. The number of anilines is 2. The number of hydrogen-bond acceptors (Lipinski definition) is 3. The Morgan fingerprint density at radius 1 is 1.21 bits per heavy atom. The van der Waals surface area contributed by atoms with Crippen molar-refractivity contribution < 1.29 is 0 Å². The normalized spacial score (nSPS) is 10.7. The Kier molecular flexibility index (Phi) is 4.10. The molecule has 19 heavy (non-hydrogen) atoms. The summed E-state index contributed by atoms with van der Waals surface area (Å²) in [5.74, 6) is 0. The Balaban J connectivity index is 1.82. The Labute approximate surface area is 114 Å². The van der Waals surface area contributed by atoms with Crippen molar-refractivity contribution in [1.29, 1.82) is 0 Å². The Morgan fingerprint density at radius 2 is 2.00 bits per heavy atom. The molecule has 0 aliphatic heterocycles. The summed E-state index contributed by atoms with van der Waals surface area (Å²) in [6.07, 6.45) is 1.05. The molecule has 1 heterocycles. The molecule has 0 bridgehead atoms. The van der Waals surface area contributed by atoms with Gasteiger partial charge in [0.2, 0.25) is 0 Å². The van der Waals surface area contributed by atoms with Crippen LogP contribution < -0.4 is 11.1 Å². The summed E-state index contributed by atoms with van der Waals surface area (Å²) in [6, 6.07) is 8.06. The summed E-state index contributed by atoms with van der Waals surface area (Å²) in [5, 5.41) is 7.90. The van der Waals surface area contributed by atoms with Gasteiger partial charge in [0.05, 0.1) is 5.69 Å². The molecule has 102 valence electrons. The molecule has 0 aliphatic rings. The SMILES string of the molecule is Cc1cc(C)n(CCCNc2ccc(N)cc2C)n1. The van der Waals surface area contributed by atoms with Gasteiger partial charge in [-0.2, -0.15) is 5.10 Å². The van der Waals surface area contributed by atoms with Crippen molar-refractivity contribution in [3.8, 4) is 0 Å². The third-order valence-electron chi connectivity index (χ3n) is 3.22. The molecule has 0 spiro atoms. The maximum absolute atomic E-state index is 5.74. The van der Waals surface area contributed by atoms with Gasteiger partial charge < -0.3 is 11.1 Å². The molecule has 0 atom stereocenters. The van der Waals surface area contributed by atoms with Crippen molar-refractivity contribution in [3.63, 3.8) is 0 Å². The van der Waals surface area contributed by atoms with E-state index in [-0.39, 0.29) is 0 Å². The number of nitrogens with two attached hydrogens (primary N) is 1. The summed E-state index contributed by atoms with van der Waals surface area (Å²) < 4.78 is 2.06. The van der Waals surface area contributed by atoms with Crippen LogP contribution >= 0.6 is 0 Å². The topological polar surface area (TPSA) is 55.9 Å². The molecule has 1 aromatic carbocycles. The van der Waals surface area contributed by atoms with Gasteiger partial charge in [0, 0.05) is 30.2 Å². The predicted octanol–water partition coefficient (Wildman–Crippen LogP) is 2.89. The van der Waals surface area contributed by atoms with Crippen molar-refractivity contribution in [2.24, 2.45) is 0 Å².